The van der Waals surface area contributed by atoms with Crippen LogP contribution in [0.5, 0.6) is 0 Å². The number of hydrogen-bond donors (Lipinski definition) is 3. The molecule has 0 amide bonds. The molecule has 4 N–H and O–H groups in total. The second kappa shape index (κ2) is 3.40. The summed E-state index contributed by atoms with van der Waals surface area (Å²) in [4.78, 5) is 15.0. The number of nitrogens with one attached hydrogen (secondary N) is 1. The lowest BCUT2D eigenvalue weighted by molar-refractivity contribution is 0.0699. The van der Waals surface area contributed by atoms with E-state index in [1.165, 1.54) is 0 Å². The van der Waals surface area contributed by atoms with Gasteiger partial charge in [0.1, 0.15) is 5.84 Å². The summed E-state index contributed by atoms with van der Waals surface area (Å²) in [6, 6.07) is 8.48. The summed E-state index contributed by atoms with van der Waals surface area (Å²) < 4.78 is 0. The molecule has 0 saturated carbocycles. The number of fused-ring (bicyclic) bond motifs is 2. The number of nitrogens with two attached hydrogens (primary N) is 1. The summed E-state index contributed by atoms with van der Waals surface area (Å²) in [5.74, 6) is -0.605. The van der Waals surface area contributed by atoms with Crippen LogP contribution in [0.25, 0.3) is 10.8 Å². The van der Waals surface area contributed by atoms with Crippen LogP contribution in [-0.4, -0.2) is 22.7 Å². The Hall–Kier alpha value is -2.69. The van der Waals surface area contributed by atoms with E-state index in [2.05, 4.69) is 4.99 Å². The van der Waals surface area contributed by atoms with Crippen molar-refractivity contribution < 1.29 is 9.90 Å². The molecule has 1 aliphatic heterocycles. The van der Waals surface area contributed by atoms with Crippen molar-refractivity contribution in [2.45, 2.75) is 0 Å². The first kappa shape index (κ1) is 10.5. The Kier molecular flexibility index (Phi) is 1.98. The van der Waals surface area contributed by atoms with Crippen molar-refractivity contribution in [1.82, 2.24) is 0 Å². The Bertz CT molecular complexity index is 747. The number of carboxylic acids is 1. The van der Waals surface area contributed by atoms with Gasteiger partial charge in [-0.05, 0) is 29.0 Å². The summed E-state index contributed by atoms with van der Waals surface area (Å²) in [6.45, 7) is 0. The molecule has 0 radical (unpaired) electrons. The zero-order valence-electron chi connectivity index (χ0n) is 9.27. The van der Waals surface area contributed by atoms with Crippen molar-refractivity contribution in [3.8, 4) is 0 Å². The van der Waals surface area contributed by atoms with Crippen LogP contribution in [0.2, 0.25) is 0 Å². The fourth-order valence-corrected chi connectivity index (χ4v) is 2.16. The maximum Gasteiger partial charge on any atom is 0.336 e. The molecule has 3 rings (SSSR count). The van der Waals surface area contributed by atoms with E-state index in [9.17, 15) is 4.79 Å². The monoisotopic (exact) mass is 239 g/mol. The Morgan fingerprint density at radius 2 is 2.06 bits per heavy atom. The minimum absolute atomic E-state index is 0.116. The molecule has 0 fully saturated rings. The van der Waals surface area contributed by atoms with Crippen LogP contribution in [0, 0.1) is 5.41 Å². The summed E-state index contributed by atoms with van der Waals surface area (Å²) in [6.07, 6.45) is 0. The van der Waals surface area contributed by atoms with Gasteiger partial charge in [0.2, 0.25) is 0 Å². The average molecular weight is 239 g/mol. The Morgan fingerprint density at radius 1 is 1.28 bits per heavy atom. The molecule has 5 nitrogen and oxygen atoms in total. The SMILES string of the molecule is N=C1N=C(N)c2cc3c(C(=O)O)cccc3cc21. The topological polar surface area (TPSA) is 99.5 Å². The lowest BCUT2D eigenvalue weighted by Gasteiger charge is -2.06. The Balaban J connectivity index is 2.41. The van der Waals surface area contributed by atoms with Gasteiger partial charge in [-0.2, -0.15) is 0 Å². The lowest BCUT2D eigenvalue weighted by atomic mass is 9.98. The van der Waals surface area contributed by atoms with Gasteiger partial charge in [-0.3, -0.25) is 5.41 Å². The normalized spacial score (nSPS) is 13.6. The van der Waals surface area contributed by atoms with Gasteiger partial charge in [0, 0.05) is 11.1 Å². The summed E-state index contributed by atoms with van der Waals surface area (Å²) in [5.41, 5.74) is 7.21. The fourth-order valence-electron chi connectivity index (χ4n) is 2.16. The maximum atomic E-state index is 11.2. The van der Waals surface area contributed by atoms with E-state index >= 15 is 0 Å². The van der Waals surface area contributed by atoms with Crippen LogP contribution >= 0.6 is 0 Å². The molecule has 0 unspecified atom stereocenters. The highest BCUT2D eigenvalue weighted by Crippen LogP contribution is 2.26. The largest absolute Gasteiger partial charge is 0.478 e. The van der Waals surface area contributed by atoms with Crippen LogP contribution in [0.15, 0.2) is 35.3 Å². The molecule has 0 saturated heterocycles. The van der Waals surface area contributed by atoms with Gasteiger partial charge < -0.3 is 10.8 Å². The highest BCUT2D eigenvalue weighted by atomic mass is 16.4. The number of hydrogen-bond acceptors (Lipinski definition) is 3. The van der Waals surface area contributed by atoms with Crippen LogP contribution < -0.4 is 5.73 Å². The number of aliphatic imine (C=N–C) groups is 1. The number of nitrogens with zero attached hydrogens (tertiary/aromatic N) is 1. The van der Waals surface area contributed by atoms with Gasteiger partial charge in [0.15, 0.2) is 5.84 Å². The molecule has 0 aliphatic carbocycles. The van der Waals surface area contributed by atoms with Crippen LogP contribution in [0.4, 0.5) is 0 Å². The maximum absolute atomic E-state index is 11.2. The van der Waals surface area contributed by atoms with E-state index in [4.69, 9.17) is 16.2 Å². The van der Waals surface area contributed by atoms with Crippen molar-refractivity contribution in [1.29, 1.82) is 5.41 Å². The number of rotatable bonds is 1. The molecule has 18 heavy (non-hydrogen) atoms. The molecule has 0 aromatic heterocycles. The molecule has 88 valence electrons. The summed E-state index contributed by atoms with van der Waals surface area (Å²) in [7, 11) is 0. The predicted molar refractivity (Wildman–Crippen MR) is 68.5 cm³/mol. The number of amidine groups is 2. The minimum Gasteiger partial charge on any atom is -0.478 e. The molecule has 5 heteroatoms. The second-order valence-electron chi connectivity index (χ2n) is 4.08. The van der Waals surface area contributed by atoms with Gasteiger partial charge >= 0.3 is 5.97 Å². The first-order chi connectivity index (χ1) is 8.58. The number of carbonyl (C=O) groups is 1. The van der Waals surface area contributed by atoms with Gasteiger partial charge in [-0.25, -0.2) is 9.79 Å². The van der Waals surface area contributed by atoms with E-state index in [0.717, 1.165) is 5.39 Å². The molecule has 1 heterocycles. The molecular formula is C13H9N3O2. The molecule has 2 aromatic carbocycles. The number of aromatic carboxylic acids is 1. The quantitative estimate of drug-likeness (QED) is 0.704. The zero-order valence-corrected chi connectivity index (χ0v) is 9.27. The summed E-state index contributed by atoms with van der Waals surface area (Å²) in [5, 5.41) is 18.2. The second-order valence-corrected chi connectivity index (χ2v) is 4.08. The van der Waals surface area contributed by atoms with Crippen LogP contribution in [-0.2, 0) is 0 Å². The van der Waals surface area contributed by atoms with E-state index in [1.807, 2.05) is 6.07 Å². The molecule has 0 atom stereocenters. The van der Waals surface area contributed by atoms with Crippen molar-refractivity contribution in [3.63, 3.8) is 0 Å². The third kappa shape index (κ3) is 1.31. The zero-order chi connectivity index (χ0) is 12.9. The smallest absolute Gasteiger partial charge is 0.336 e. The molecule has 1 aliphatic rings. The first-order valence-electron chi connectivity index (χ1n) is 5.31. The number of benzene rings is 2. The minimum atomic E-state index is -0.982. The van der Waals surface area contributed by atoms with Crippen LogP contribution in [0.1, 0.15) is 21.5 Å². The summed E-state index contributed by atoms with van der Waals surface area (Å²) >= 11 is 0. The van der Waals surface area contributed by atoms with Crippen molar-refractivity contribution in [3.05, 3.63) is 47.0 Å². The van der Waals surface area contributed by atoms with Crippen molar-refractivity contribution in [2.24, 2.45) is 10.7 Å². The molecular weight excluding hydrogens is 230 g/mol. The van der Waals surface area contributed by atoms with E-state index in [0.29, 0.717) is 16.5 Å². The van der Waals surface area contributed by atoms with Crippen molar-refractivity contribution in [2.75, 3.05) is 0 Å². The van der Waals surface area contributed by atoms with Gasteiger partial charge in [0.25, 0.3) is 0 Å². The molecule has 0 bridgehead atoms. The Labute approximate surface area is 102 Å². The van der Waals surface area contributed by atoms with Gasteiger partial charge in [-0.15, -0.1) is 0 Å². The Morgan fingerprint density at radius 3 is 2.78 bits per heavy atom. The molecule has 2 aromatic rings. The van der Waals surface area contributed by atoms with Gasteiger partial charge in [-0.1, -0.05) is 12.1 Å². The predicted octanol–water partition coefficient (Wildman–Crippen LogP) is 1.58. The number of carboxylic acid groups (broad SMARTS) is 1. The van der Waals surface area contributed by atoms with Crippen LogP contribution in [0.3, 0.4) is 0 Å². The van der Waals surface area contributed by atoms with E-state index in [-0.39, 0.29) is 17.2 Å². The fraction of sp³-hybridized carbons (Fsp3) is 0. The lowest BCUT2D eigenvalue weighted by Crippen LogP contribution is -2.10. The standard InChI is InChI=1S/C13H9N3O2/c14-11-9-4-6-2-1-3-7(13(17)18)8(6)5-10(9)12(15)16-11/h1-5H,(H,17,18)(H3,14,15,16). The first-order valence-corrected chi connectivity index (χ1v) is 5.31. The highest BCUT2D eigenvalue weighted by Gasteiger charge is 2.20. The van der Waals surface area contributed by atoms with Crippen molar-refractivity contribution >= 4 is 28.4 Å². The third-order valence-corrected chi connectivity index (χ3v) is 3.01. The van der Waals surface area contributed by atoms with Gasteiger partial charge in [0.05, 0.1) is 5.56 Å². The third-order valence-electron chi connectivity index (χ3n) is 3.01. The van der Waals surface area contributed by atoms with E-state index < -0.39 is 5.97 Å². The van der Waals surface area contributed by atoms with E-state index in [1.54, 1.807) is 24.3 Å². The highest BCUT2D eigenvalue weighted by molar-refractivity contribution is 6.23. The average Bonchev–Trinajstić information content (AvgIpc) is 2.61. The molecule has 0 spiro atoms.